The molecule has 0 saturated heterocycles. The van der Waals surface area contributed by atoms with E-state index in [1.807, 2.05) is 0 Å². The maximum absolute atomic E-state index is 8.17. The molecule has 9 heavy (non-hydrogen) atoms. The number of rotatable bonds is 2. The van der Waals surface area contributed by atoms with Crippen molar-refractivity contribution in [2.75, 3.05) is 20.3 Å². The van der Waals surface area contributed by atoms with Gasteiger partial charge >= 0.3 is 37.7 Å². The van der Waals surface area contributed by atoms with E-state index in [2.05, 4.69) is 0 Å². The first-order chi connectivity index (χ1) is 3.81. The average Bonchev–Trinajstić information content (AvgIpc) is 1.91. The molecule has 0 aliphatic carbocycles. The van der Waals surface area contributed by atoms with Gasteiger partial charge in [0.15, 0.2) is 0 Å². The van der Waals surface area contributed by atoms with E-state index in [9.17, 15) is 0 Å². The molecule has 0 saturated carbocycles. The smallest absolute Gasteiger partial charge is 1.00 e. The summed E-state index contributed by atoms with van der Waals surface area (Å²) in [7, 11) is 1.00. The van der Waals surface area contributed by atoms with E-state index >= 15 is 0 Å². The summed E-state index contributed by atoms with van der Waals surface area (Å²) in [5, 5.41) is 31.0. The van der Waals surface area contributed by atoms with Crippen LogP contribution in [0, 0.1) is 0 Å². The molecule has 0 aromatic rings. The molecule has 0 aliphatic heterocycles. The van der Waals surface area contributed by atoms with Gasteiger partial charge in [-0.1, -0.05) is 0 Å². The van der Waals surface area contributed by atoms with E-state index in [0.29, 0.717) is 0 Å². The van der Waals surface area contributed by atoms with Crippen molar-refractivity contribution in [3.8, 4) is 0 Å². The standard InChI is InChI=1S/C3H8O3.CH4O.Ca.2H/c4-1-3(6)2-5;1-2;;;/h3-6H,1-2H2;2H,1H3;;;/q;;+2;2*-1. The summed E-state index contributed by atoms with van der Waals surface area (Å²) < 4.78 is 0. The molecule has 5 heteroatoms. The predicted molar refractivity (Wildman–Crippen MR) is 36.3 cm³/mol. The van der Waals surface area contributed by atoms with Crippen molar-refractivity contribution >= 4 is 37.7 Å². The van der Waals surface area contributed by atoms with Crippen LogP contribution in [0.1, 0.15) is 2.85 Å². The summed E-state index contributed by atoms with van der Waals surface area (Å²) >= 11 is 0. The monoisotopic (exact) mass is 166 g/mol. The Morgan fingerprint density at radius 3 is 1.44 bits per heavy atom. The molecule has 0 aliphatic rings. The van der Waals surface area contributed by atoms with Gasteiger partial charge in [-0.2, -0.15) is 0 Å². The molecule has 4 N–H and O–H groups in total. The molecule has 0 bridgehead atoms. The van der Waals surface area contributed by atoms with Gasteiger partial charge in [0.1, 0.15) is 6.10 Å². The van der Waals surface area contributed by atoms with Crippen molar-refractivity contribution in [2.24, 2.45) is 0 Å². The first-order valence-corrected chi connectivity index (χ1v) is 2.15. The van der Waals surface area contributed by atoms with Gasteiger partial charge < -0.3 is 23.3 Å². The molecule has 0 amide bonds. The summed E-state index contributed by atoms with van der Waals surface area (Å²) in [5.74, 6) is 0. The first-order valence-electron chi connectivity index (χ1n) is 2.15. The van der Waals surface area contributed by atoms with Crippen LogP contribution in [0.15, 0.2) is 0 Å². The minimum Gasteiger partial charge on any atom is -1.00 e. The van der Waals surface area contributed by atoms with Crippen LogP contribution in [0.5, 0.6) is 0 Å². The van der Waals surface area contributed by atoms with Crippen LogP contribution in [0.2, 0.25) is 0 Å². The van der Waals surface area contributed by atoms with Crippen LogP contribution in [0.3, 0.4) is 0 Å². The summed E-state index contributed by atoms with van der Waals surface area (Å²) in [4.78, 5) is 0. The second kappa shape index (κ2) is 16.0. The summed E-state index contributed by atoms with van der Waals surface area (Å²) in [6.45, 7) is -0.729. The molecular weight excluding hydrogens is 152 g/mol. The number of aliphatic hydroxyl groups is 4. The molecule has 0 aromatic heterocycles. The van der Waals surface area contributed by atoms with E-state index in [1.54, 1.807) is 0 Å². The average molecular weight is 166 g/mol. The molecule has 56 valence electrons. The van der Waals surface area contributed by atoms with Crippen molar-refractivity contribution < 1.29 is 23.3 Å². The maximum atomic E-state index is 8.17. The van der Waals surface area contributed by atoms with E-state index in [1.165, 1.54) is 0 Å². The van der Waals surface area contributed by atoms with Crippen molar-refractivity contribution in [2.45, 2.75) is 6.10 Å². The van der Waals surface area contributed by atoms with Gasteiger partial charge in [0.2, 0.25) is 0 Å². The molecular formula is C4H14CaO4. The molecule has 0 spiro atoms. The summed E-state index contributed by atoms with van der Waals surface area (Å²) in [6.07, 6.45) is -0.954. The van der Waals surface area contributed by atoms with Crippen LogP contribution < -0.4 is 0 Å². The Balaban J connectivity index is -0.0000000222. The fourth-order valence-electron chi connectivity index (χ4n) is 0.0577. The van der Waals surface area contributed by atoms with E-state index in [-0.39, 0.29) is 53.8 Å². The predicted octanol–water partition coefficient (Wildman–Crippen LogP) is -2.22. The Bertz CT molecular complexity index is 39.3. The largest absolute Gasteiger partial charge is 2.00 e. The zero-order valence-electron chi connectivity index (χ0n) is 7.49. The van der Waals surface area contributed by atoms with Crippen molar-refractivity contribution in [3.63, 3.8) is 0 Å². The second-order valence-corrected chi connectivity index (χ2v) is 1.02. The zero-order valence-corrected chi connectivity index (χ0v) is 7.70. The van der Waals surface area contributed by atoms with Gasteiger partial charge in [0.05, 0.1) is 13.2 Å². The summed E-state index contributed by atoms with van der Waals surface area (Å²) in [5.41, 5.74) is 0. The Morgan fingerprint density at radius 1 is 1.22 bits per heavy atom. The van der Waals surface area contributed by atoms with E-state index in [4.69, 9.17) is 20.4 Å². The SMILES string of the molecule is CO.OCC(O)CO.[Ca+2].[H-].[H-]. The van der Waals surface area contributed by atoms with Crippen molar-refractivity contribution in [1.82, 2.24) is 0 Å². The fourth-order valence-corrected chi connectivity index (χ4v) is 0.0577. The Labute approximate surface area is 87.1 Å². The van der Waals surface area contributed by atoms with Crippen LogP contribution in [0.25, 0.3) is 0 Å². The molecule has 0 rings (SSSR count). The van der Waals surface area contributed by atoms with Gasteiger partial charge in [-0.25, -0.2) is 0 Å². The minimum atomic E-state index is -0.954. The Hall–Kier alpha value is 1.10. The molecule has 0 radical (unpaired) electrons. The van der Waals surface area contributed by atoms with Crippen LogP contribution in [-0.2, 0) is 0 Å². The van der Waals surface area contributed by atoms with Crippen molar-refractivity contribution in [3.05, 3.63) is 0 Å². The molecule has 0 atom stereocenters. The number of aliphatic hydroxyl groups excluding tert-OH is 4. The fraction of sp³-hybridized carbons (Fsp3) is 1.00. The first kappa shape index (κ1) is 16.6. The van der Waals surface area contributed by atoms with Gasteiger partial charge in [-0.3, -0.25) is 0 Å². The van der Waals surface area contributed by atoms with Gasteiger partial charge in [-0.05, 0) is 0 Å². The van der Waals surface area contributed by atoms with Crippen molar-refractivity contribution in [1.29, 1.82) is 0 Å². The van der Waals surface area contributed by atoms with E-state index < -0.39 is 6.10 Å². The van der Waals surface area contributed by atoms with Crippen LogP contribution in [0.4, 0.5) is 0 Å². The molecule has 0 fully saturated rings. The minimum absolute atomic E-state index is 0. The topological polar surface area (TPSA) is 80.9 Å². The molecule has 4 nitrogen and oxygen atoms in total. The van der Waals surface area contributed by atoms with Gasteiger partial charge in [0, 0.05) is 7.11 Å². The van der Waals surface area contributed by atoms with Crippen LogP contribution >= 0.6 is 0 Å². The third-order valence-corrected chi connectivity index (χ3v) is 0.421. The third-order valence-electron chi connectivity index (χ3n) is 0.421. The Morgan fingerprint density at radius 2 is 1.44 bits per heavy atom. The third kappa shape index (κ3) is 17.6. The van der Waals surface area contributed by atoms with E-state index in [0.717, 1.165) is 7.11 Å². The normalized spacial score (nSPS) is 7.33. The summed E-state index contributed by atoms with van der Waals surface area (Å²) in [6, 6.07) is 0. The van der Waals surface area contributed by atoms with Gasteiger partial charge in [0.25, 0.3) is 0 Å². The molecule has 0 aromatic carbocycles. The number of hydrogen-bond donors (Lipinski definition) is 4. The van der Waals surface area contributed by atoms with Gasteiger partial charge in [-0.15, -0.1) is 0 Å². The maximum Gasteiger partial charge on any atom is 2.00 e. The molecule has 0 heterocycles. The Kier molecular flexibility index (Phi) is 29.6. The second-order valence-electron chi connectivity index (χ2n) is 1.02. The quantitative estimate of drug-likeness (QED) is 0.350. The molecule has 0 unspecified atom stereocenters. The zero-order chi connectivity index (χ0) is 6.99. The van der Waals surface area contributed by atoms with Crippen LogP contribution in [-0.4, -0.2) is 84.6 Å². The number of hydrogen-bond acceptors (Lipinski definition) is 4.